The van der Waals surface area contributed by atoms with Crippen molar-refractivity contribution in [1.29, 1.82) is 5.41 Å². The van der Waals surface area contributed by atoms with E-state index in [1.165, 1.54) is 22.5 Å². The summed E-state index contributed by atoms with van der Waals surface area (Å²) in [7, 11) is -3.34. The molecule has 14 heteroatoms. The number of guanidine groups is 1. The predicted octanol–water partition coefficient (Wildman–Crippen LogP) is 0.423. The topological polar surface area (TPSA) is 156 Å². The Morgan fingerprint density at radius 2 is 2.21 bits per heavy atom. The quantitative estimate of drug-likeness (QED) is 0.387. The molecule has 4 N–H and O–H groups in total. The Kier molecular flexibility index (Phi) is 5.93. The summed E-state index contributed by atoms with van der Waals surface area (Å²) >= 11 is 0.774. The van der Waals surface area contributed by atoms with E-state index in [2.05, 4.69) is 15.6 Å². The largest absolute Gasteiger partial charge is 0.476 e. The lowest BCUT2D eigenvalue weighted by Gasteiger charge is -2.18. The molecule has 0 unspecified atom stereocenters. The van der Waals surface area contributed by atoms with Crippen LogP contribution in [0, 0.1) is 11.2 Å². The number of rotatable bonds is 7. The number of benzene rings is 1. The van der Waals surface area contributed by atoms with Gasteiger partial charge in [0.1, 0.15) is 17.4 Å². The molecule has 2 heterocycles. The number of nitrogens with zero attached hydrogens (tertiary/aromatic N) is 3. The predicted molar refractivity (Wildman–Crippen MR) is 104 cm³/mol. The molecule has 2 aromatic rings. The third kappa shape index (κ3) is 4.43. The number of aromatic nitrogens is 1. The van der Waals surface area contributed by atoms with Crippen LogP contribution in [0.1, 0.15) is 10.5 Å². The first-order chi connectivity index (χ1) is 13.8. The zero-order valence-corrected chi connectivity index (χ0v) is 16.3. The molecule has 0 spiro atoms. The fourth-order valence-electron chi connectivity index (χ4n) is 2.61. The zero-order chi connectivity index (χ0) is 21.1. The van der Waals surface area contributed by atoms with Crippen LogP contribution in [0.15, 0.2) is 23.7 Å². The van der Waals surface area contributed by atoms with Crippen molar-refractivity contribution in [3.05, 3.63) is 35.2 Å². The van der Waals surface area contributed by atoms with Gasteiger partial charge in [0.25, 0.3) is 0 Å². The highest BCUT2D eigenvalue weighted by atomic mass is 32.2. The molecule has 11 nitrogen and oxygen atoms in total. The van der Waals surface area contributed by atoms with Gasteiger partial charge in [0.2, 0.25) is 16.8 Å². The van der Waals surface area contributed by atoms with Crippen molar-refractivity contribution >= 4 is 56.4 Å². The molecule has 1 fully saturated rings. The van der Waals surface area contributed by atoms with Gasteiger partial charge in [-0.05, 0) is 12.1 Å². The summed E-state index contributed by atoms with van der Waals surface area (Å²) in [4.78, 5) is 28.4. The second-order valence-corrected chi connectivity index (χ2v) is 7.48. The highest BCUT2D eigenvalue weighted by Gasteiger charge is 2.24. The molecule has 1 aliphatic rings. The van der Waals surface area contributed by atoms with E-state index >= 15 is 0 Å². The summed E-state index contributed by atoms with van der Waals surface area (Å²) in [5.74, 6) is -2.78. The minimum absolute atomic E-state index is 0.102. The second-order valence-electron chi connectivity index (χ2n) is 5.77. The van der Waals surface area contributed by atoms with Crippen LogP contribution >= 0.6 is 11.3 Å². The molecule has 154 valence electrons. The molecule has 1 saturated heterocycles. The number of halogens is 1. The van der Waals surface area contributed by atoms with Crippen molar-refractivity contribution in [2.45, 2.75) is 0 Å². The number of carboxylic acids is 1. The second kappa shape index (κ2) is 8.40. The smallest absolute Gasteiger partial charge is 0.357 e. The molecule has 0 saturated carbocycles. The molecule has 1 aromatic heterocycles. The van der Waals surface area contributed by atoms with E-state index < -0.39 is 34.3 Å². The van der Waals surface area contributed by atoms with Gasteiger partial charge < -0.3 is 20.6 Å². The molecule has 1 amide bonds. The van der Waals surface area contributed by atoms with Crippen molar-refractivity contribution in [1.82, 2.24) is 15.2 Å². The Morgan fingerprint density at radius 3 is 2.79 bits per heavy atom. The normalized spacial score (nSPS) is 13.4. The standard InChI is InChI=1S/C15H15FN6O5S2/c16-9-5-8(22(29(26)27)13-12(14(24)25)19-7-28-13)1-2-10(9)20-11(23)6-21-4-3-18-15(21)17/h1-2,5,7,29H,3-4,6H2,(H2,17,18)(H,20,23)(H,24,25). The maximum Gasteiger partial charge on any atom is 0.357 e. The minimum atomic E-state index is -3.34. The third-order valence-corrected chi connectivity index (χ3v) is 5.61. The van der Waals surface area contributed by atoms with Gasteiger partial charge in [0.15, 0.2) is 11.7 Å². The fraction of sp³-hybridized carbons (Fsp3) is 0.200. The summed E-state index contributed by atoms with van der Waals surface area (Å²) in [6, 6.07) is 3.27. The number of carbonyl (C=O) groups is 2. The number of anilines is 3. The number of hydrogen-bond acceptors (Lipinski definition) is 7. The van der Waals surface area contributed by atoms with Crippen molar-refractivity contribution in [2.24, 2.45) is 0 Å². The van der Waals surface area contributed by atoms with Crippen LogP contribution in [0.3, 0.4) is 0 Å². The van der Waals surface area contributed by atoms with Crippen LogP contribution in [-0.4, -0.2) is 60.9 Å². The number of thiazole rings is 1. The molecular weight excluding hydrogens is 427 g/mol. The molecular formula is C15H15FN6O5S2. The van der Waals surface area contributed by atoms with E-state index in [0.717, 1.165) is 17.4 Å². The van der Waals surface area contributed by atoms with Gasteiger partial charge in [-0.25, -0.2) is 26.9 Å². The van der Waals surface area contributed by atoms with Gasteiger partial charge >= 0.3 is 5.97 Å². The van der Waals surface area contributed by atoms with Crippen LogP contribution in [0.25, 0.3) is 0 Å². The van der Waals surface area contributed by atoms with Crippen LogP contribution < -0.4 is 14.9 Å². The molecule has 29 heavy (non-hydrogen) atoms. The number of hydrogen-bond donors (Lipinski definition) is 5. The third-order valence-electron chi connectivity index (χ3n) is 3.90. The summed E-state index contributed by atoms with van der Waals surface area (Å²) in [5, 5.41) is 21.7. The summed E-state index contributed by atoms with van der Waals surface area (Å²) in [5.41, 5.74) is 0.365. The Morgan fingerprint density at radius 1 is 1.45 bits per heavy atom. The Labute approximate surface area is 169 Å². The molecule has 0 atom stereocenters. The van der Waals surface area contributed by atoms with E-state index in [-0.39, 0.29) is 28.9 Å². The van der Waals surface area contributed by atoms with E-state index in [0.29, 0.717) is 17.4 Å². The molecule has 3 rings (SSSR count). The van der Waals surface area contributed by atoms with E-state index in [4.69, 9.17) is 10.5 Å². The average molecular weight is 442 g/mol. The Balaban J connectivity index is 1.81. The van der Waals surface area contributed by atoms with Gasteiger partial charge in [-0.15, -0.1) is 11.3 Å². The summed E-state index contributed by atoms with van der Waals surface area (Å²) in [6.45, 7) is 0.864. The first-order valence-corrected chi connectivity index (χ1v) is 10.1. The number of amides is 1. The van der Waals surface area contributed by atoms with Gasteiger partial charge in [-0.1, -0.05) is 0 Å². The maximum absolute atomic E-state index is 14.5. The molecule has 0 bridgehead atoms. The molecule has 0 aliphatic carbocycles. The zero-order valence-electron chi connectivity index (χ0n) is 14.6. The summed E-state index contributed by atoms with van der Waals surface area (Å²) in [6.07, 6.45) is 0. The first-order valence-electron chi connectivity index (χ1n) is 8.06. The van der Waals surface area contributed by atoms with Gasteiger partial charge in [0.05, 0.1) is 16.9 Å². The lowest BCUT2D eigenvalue weighted by atomic mass is 10.2. The monoisotopic (exact) mass is 442 g/mol. The molecule has 0 radical (unpaired) electrons. The first kappa shape index (κ1) is 20.5. The van der Waals surface area contributed by atoms with Crippen molar-refractivity contribution < 1.29 is 27.5 Å². The van der Waals surface area contributed by atoms with Crippen molar-refractivity contribution in [3.63, 3.8) is 0 Å². The van der Waals surface area contributed by atoms with Crippen LogP contribution in [0.5, 0.6) is 0 Å². The summed E-state index contributed by atoms with van der Waals surface area (Å²) < 4.78 is 38.5. The fourth-order valence-corrected chi connectivity index (χ4v) is 4.23. The Hall–Kier alpha value is -3.26. The van der Waals surface area contributed by atoms with Gasteiger partial charge in [-0.2, -0.15) is 0 Å². The number of aromatic carboxylic acids is 1. The van der Waals surface area contributed by atoms with E-state index in [9.17, 15) is 22.4 Å². The number of thiol groups is 1. The SMILES string of the molecule is N=C1NCCN1CC(=O)Nc1ccc(N(c2scnc2C(=O)O)[SH](=O)=O)cc1F. The lowest BCUT2D eigenvalue weighted by molar-refractivity contribution is -0.116. The van der Waals surface area contributed by atoms with Crippen molar-refractivity contribution in [3.8, 4) is 0 Å². The highest BCUT2D eigenvalue weighted by Crippen LogP contribution is 2.34. The van der Waals surface area contributed by atoms with Crippen LogP contribution in [-0.2, 0) is 15.7 Å². The van der Waals surface area contributed by atoms with Gasteiger partial charge in [0, 0.05) is 19.2 Å². The van der Waals surface area contributed by atoms with E-state index in [1.807, 2.05) is 0 Å². The van der Waals surface area contributed by atoms with Gasteiger partial charge in [-0.3, -0.25) is 10.2 Å². The number of nitrogens with one attached hydrogen (secondary N) is 3. The van der Waals surface area contributed by atoms with Crippen LogP contribution in [0.4, 0.5) is 20.8 Å². The minimum Gasteiger partial charge on any atom is -0.476 e. The number of carbonyl (C=O) groups excluding carboxylic acids is 1. The average Bonchev–Trinajstić information content (AvgIpc) is 3.27. The van der Waals surface area contributed by atoms with E-state index in [1.54, 1.807) is 0 Å². The maximum atomic E-state index is 14.5. The number of carboxylic acid groups (broad SMARTS) is 1. The van der Waals surface area contributed by atoms with Crippen molar-refractivity contribution in [2.75, 3.05) is 29.3 Å². The lowest BCUT2D eigenvalue weighted by Crippen LogP contribution is -2.36. The highest BCUT2D eigenvalue weighted by molar-refractivity contribution is 7.74. The molecule has 1 aliphatic heterocycles. The van der Waals surface area contributed by atoms with Crippen LogP contribution in [0.2, 0.25) is 0 Å². The molecule has 1 aromatic carbocycles. The Bertz CT molecular complexity index is 1050.